The number of hydrogen-bond donors (Lipinski definition) is 2. The van der Waals surface area contributed by atoms with Gasteiger partial charge in [-0.3, -0.25) is 4.99 Å². The minimum atomic E-state index is -4.02. The van der Waals surface area contributed by atoms with Crippen molar-refractivity contribution >= 4 is 38.1 Å². The largest absolute Gasteiger partial charge is 0.495 e. The molecule has 0 aliphatic carbocycles. The first-order valence-corrected chi connectivity index (χ1v) is 12.2. The second kappa shape index (κ2) is 7.59. The third kappa shape index (κ3) is 2.99. The molecule has 0 saturated carbocycles. The summed E-state index contributed by atoms with van der Waals surface area (Å²) in [5.74, 6) is 0.0852. The van der Waals surface area contributed by atoms with E-state index in [1.54, 1.807) is 25.6 Å². The number of hydrogen-bond acceptors (Lipinski definition) is 8. The van der Waals surface area contributed by atoms with Gasteiger partial charge in [0.25, 0.3) is 0 Å². The lowest BCUT2D eigenvalue weighted by molar-refractivity contribution is 0.413. The molecule has 5 rings (SSSR count). The van der Waals surface area contributed by atoms with Gasteiger partial charge in [0.05, 0.1) is 18.6 Å². The van der Waals surface area contributed by atoms with Gasteiger partial charge in [-0.1, -0.05) is 0 Å². The van der Waals surface area contributed by atoms with E-state index in [4.69, 9.17) is 10.5 Å². The van der Waals surface area contributed by atoms with E-state index in [9.17, 15) is 12.8 Å². The zero-order valence-corrected chi connectivity index (χ0v) is 19.4. The van der Waals surface area contributed by atoms with E-state index < -0.39 is 37.9 Å². The number of nitrogens with zero attached hydrogens (tertiary/aromatic N) is 3. The SMILES string of the molecule is COc1cnc2c(Nc3ccc(F)c([C@@]4(C)N=C(N)[C@]5(CF)CC[C@@H]4S5(=O)=O)c3)nccc2c1. The number of nitrogens with two attached hydrogens (primary N) is 1. The Balaban J connectivity index is 1.59. The molecule has 0 unspecified atom stereocenters. The van der Waals surface area contributed by atoms with Crippen LogP contribution in [0.5, 0.6) is 5.75 Å². The van der Waals surface area contributed by atoms with E-state index in [0.29, 0.717) is 22.8 Å². The second-order valence-electron chi connectivity index (χ2n) is 8.77. The van der Waals surface area contributed by atoms with Gasteiger partial charge in [-0.05, 0) is 50.1 Å². The van der Waals surface area contributed by atoms with Crippen molar-refractivity contribution in [1.82, 2.24) is 9.97 Å². The van der Waals surface area contributed by atoms with Crippen LogP contribution in [-0.4, -0.2) is 48.0 Å². The fourth-order valence-corrected chi connectivity index (χ4v) is 7.68. The maximum Gasteiger partial charge on any atom is 0.171 e. The normalized spacial score (nSPS) is 27.4. The molecule has 3 N–H and O–H groups in total. The summed E-state index contributed by atoms with van der Waals surface area (Å²) in [4.78, 5) is 13.1. The van der Waals surface area contributed by atoms with E-state index in [0.717, 1.165) is 5.39 Å². The summed E-state index contributed by atoms with van der Waals surface area (Å²) in [5, 5.41) is 2.83. The average Bonchev–Trinajstić information content (AvgIpc) is 3.03. The molecule has 0 spiro atoms. The Morgan fingerprint density at radius 1 is 1.26 bits per heavy atom. The van der Waals surface area contributed by atoms with Crippen molar-refractivity contribution < 1.29 is 21.9 Å². The molecule has 34 heavy (non-hydrogen) atoms. The van der Waals surface area contributed by atoms with Crippen LogP contribution in [-0.2, 0) is 15.4 Å². The van der Waals surface area contributed by atoms with E-state index in [1.807, 2.05) is 6.07 Å². The van der Waals surface area contributed by atoms with Gasteiger partial charge in [0.15, 0.2) is 20.4 Å². The fraction of sp³-hybridized carbons (Fsp3) is 0.348. The molecule has 1 aromatic carbocycles. The van der Waals surface area contributed by atoms with Gasteiger partial charge in [0.2, 0.25) is 0 Å². The number of pyridine rings is 2. The molecule has 8 nitrogen and oxygen atoms in total. The van der Waals surface area contributed by atoms with Crippen molar-refractivity contribution in [2.75, 3.05) is 19.1 Å². The van der Waals surface area contributed by atoms with Crippen LogP contribution >= 0.6 is 0 Å². The Kier molecular flexibility index (Phi) is 5.01. The molecule has 2 aromatic heterocycles. The number of halogens is 2. The second-order valence-corrected chi connectivity index (χ2v) is 11.2. The van der Waals surface area contributed by atoms with Crippen molar-refractivity contribution in [2.24, 2.45) is 10.7 Å². The Morgan fingerprint density at radius 2 is 2.06 bits per heavy atom. The van der Waals surface area contributed by atoms with Crippen LogP contribution in [0.2, 0.25) is 0 Å². The highest BCUT2D eigenvalue weighted by atomic mass is 32.2. The van der Waals surface area contributed by atoms with Crippen molar-refractivity contribution in [2.45, 2.75) is 35.3 Å². The number of benzene rings is 1. The molecule has 2 aliphatic rings. The number of amidine groups is 1. The van der Waals surface area contributed by atoms with Gasteiger partial charge in [0.1, 0.15) is 35.1 Å². The standard InChI is InChI=1S/C23H23F2N5O3S/c1-22(18-5-7-23(12-24,21(26)30-22)34(18,31)32)16-10-14(3-4-17(16)25)29-20-19-13(6-8-27-20)9-15(33-2)11-28-19/h3-4,6,8-11,18H,5,7,12H2,1-2H3,(H2,26,30)(H,27,29)/t18-,22+,23+/m0/s1. The molecular formula is C23H23F2N5O3S. The number of methoxy groups -OCH3 is 1. The quantitative estimate of drug-likeness (QED) is 0.566. The Labute approximate surface area is 195 Å². The Bertz CT molecular complexity index is 1450. The maximum atomic E-state index is 15.1. The van der Waals surface area contributed by atoms with Crippen LogP contribution in [0.1, 0.15) is 25.3 Å². The summed E-state index contributed by atoms with van der Waals surface area (Å²) in [6, 6.07) is 7.83. The van der Waals surface area contributed by atoms with Gasteiger partial charge < -0.3 is 15.8 Å². The smallest absolute Gasteiger partial charge is 0.171 e. The highest BCUT2D eigenvalue weighted by molar-refractivity contribution is 7.94. The molecule has 3 atom stereocenters. The third-order valence-corrected chi connectivity index (χ3v) is 10.0. The van der Waals surface area contributed by atoms with E-state index in [1.165, 1.54) is 25.1 Å². The predicted octanol–water partition coefficient (Wildman–Crippen LogP) is 3.39. The highest BCUT2D eigenvalue weighted by Crippen LogP contribution is 2.52. The summed E-state index contributed by atoms with van der Waals surface area (Å²) in [6.07, 6.45) is 3.33. The molecule has 2 aliphatic heterocycles. The van der Waals surface area contributed by atoms with Crippen LogP contribution in [0.3, 0.4) is 0 Å². The van der Waals surface area contributed by atoms with Crippen molar-refractivity contribution in [3.63, 3.8) is 0 Å². The fourth-order valence-electron chi connectivity index (χ4n) is 5.03. The molecule has 178 valence electrons. The van der Waals surface area contributed by atoms with Gasteiger partial charge >= 0.3 is 0 Å². The van der Waals surface area contributed by atoms with E-state index in [2.05, 4.69) is 20.3 Å². The average molecular weight is 488 g/mol. The number of alkyl halides is 1. The minimum Gasteiger partial charge on any atom is -0.495 e. The van der Waals surface area contributed by atoms with Gasteiger partial charge in [-0.15, -0.1) is 0 Å². The van der Waals surface area contributed by atoms with Gasteiger partial charge in [0, 0.05) is 22.8 Å². The molecule has 1 saturated heterocycles. The van der Waals surface area contributed by atoms with Crippen molar-refractivity contribution in [1.29, 1.82) is 0 Å². The monoisotopic (exact) mass is 487 g/mol. The maximum absolute atomic E-state index is 15.1. The molecule has 1 fully saturated rings. The number of nitrogens with one attached hydrogen (secondary N) is 1. The topological polar surface area (TPSA) is 120 Å². The van der Waals surface area contributed by atoms with Gasteiger partial charge in [-0.2, -0.15) is 0 Å². The highest BCUT2D eigenvalue weighted by Gasteiger charge is 2.65. The zero-order valence-electron chi connectivity index (χ0n) is 18.5. The van der Waals surface area contributed by atoms with Gasteiger partial charge in [-0.25, -0.2) is 27.2 Å². The molecular weight excluding hydrogens is 464 g/mol. The van der Waals surface area contributed by atoms with Crippen LogP contribution in [0.15, 0.2) is 47.7 Å². The van der Waals surface area contributed by atoms with Crippen LogP contribution in [0.4, 0.5) is 20.3 Å². The lowest BCUT2D eigenvalue weighted by Crippen LogP contribution is -2.58. The molecule has 2 bridgehead atoms. The Hall–Kier alpha value is -3.34. The number of aromatic nitrogens is 2. The first-order valence-electron chi connectivity index (χ1n) is 10.7. The zero-order chi connectivity index (χ0) is 24.3. The lowest BCUT2D eigenvalue weighted by atomic mass is 9.86. The van der Waals surface area contributed by atoms with Crippen LogP contribution in [0.25, 0.3) is 10.9 Å². The van der Waals surface area contributed by atoms with Crippen molar-refractivity contribution in [3.05, 3.63) is 54.1 Å². The van der Waals surface area contributed by atoms with Crippen LogP contribution < -0.4 is 15.8 Å². The number of ether oxygens (including phenoxy) is 1. The van der Waals surface area contributed by atoms with E-state index in [-0.39, 0.29) is 24.2 Å². The third-order valence-electron chi connectivity index (χ3n) is 6.98. The predicted molar refractivity (Wildman–Crippen MR) is 125 cm³/mol. The summed E-state index contributed by atoms with van der Waals surface area (Å²) < 4.78 is 58.9. The molecule has 11 heteroatoms. The van der Waals surface area contributed by atoms with Crippen LogP contribution in [0, 0.1) is 5.82 Å². The molecule has 0 radical (unpaired) electrons. The first-order chi connectivity index (χ1) is 16.2. The molecule has 4 heterocycles. The lowest BCUT2D eigenvalue weighted by Gasteiger charge is -2.39. The number of rotatable bonds is 5. The number of fused-ring (bicyclic) bond motifs is 3. The Morgan fingerprint density at radius 3 is 2.79 bits per heavy atom. The summed E-state index contributed by atoms with van der Waals surface area (Å²) in [5.41, 5.74) is 5.60. The molecule has 0 amide bonds. The number of sulfone groups is 1. The number of aliphatic imine (C=N–C) groups is 1. The number of anilines is 2. The summed E-state index contributed by atoms with van der Waals surface area (Å²) in [7, 11) is -2.47. The first kappa shape index (κ1) is 22.5. The summed E-state index contributed by atoms with van der Waals surface area (Å²) in [6.45, 7) is 0.383. The van der Waals surface area contributed by atoms with E-state index >= 15 is 4.39 Å². The molecule has 3 aromatic rings. The minimum absolute atomic E-state index is 0.0238. The van der Waals surface area contributed by atoms with Crippen molar-refractivity contribution in [3.8, 4) is 5.75 Å². The summed E-state index contributed by atoms with van der Waals surface area (Å²) >= 11 is 0.